The van der Waals surface area contributed by atoms with Crippen LogP contribution in [0.5, 0.6) is 0 Å². The van der Waals surface area contributed by atoms with Crippen LogP contribution in [0.2, 0.25) is 0 Å². The fraction of sp³-hybridized carbons (Fsp3) is 0.429. The molecule has 3 rings (SSSR count). The van der Waals surface area contributed by atoms with Gasteiger partial charge in [0.1, 0.15) is 0 Å². The van der Waals surface area contributed by atoms with Gasteiger partial charge in [-0.25, -0.2) is 0 Å². The lowest BCUT2D eigenvalue weighted by Gasteiger charge is -2.28. The summed E-state index contributed by atoms with van der Waals surface area (Å²) in [4.78, 5) is 0. The summed E-state index contributed by atoms with van der Waals surface area (Å²) >= 11 is 3.49. The lowest BCUT2D eigenvalue weighted by atomic mass is 9.95. The molecule has 0 saturated carbocycles. The summed E-state index contributed by atoms with van der Waals surface area (Å²) in [6.07, 6.45) is 6.27. The van der Waals surface area contributed by atoms with E-state index in [1.807, 2.05) is 18.2 Å². The summed E-state index contributed by atoms with van der Waals surface area (Å²) in [5, 5.41) is 1.11. The second-order valence-electron chi connectivity index (χ2n) is 6.23. The first-order chi connectivity index (χ1) is 11.8. The predicted octanol–water partition coefficient (Wildman–Crippen LogP) is 5.43. The van der Waals surface area contributed by atoms with Crippen LogP contribution in [0.1, 0.15) is 42.4 Å². The van der Waals surface area contributed by atoms with Crippen LogP contribution in [-0.4, -0.2) is 18.5 Å². The van der Waals surface area contributed by atoms with Crippen molar-refractivity contribution in [1.29, 1.82) is 0 Å². The highest BCUT2D eigenvalue weighted by Crippen LogP contribution is 2.38. The summed E-state index contributed by atoms with van der Waals surface area (Å²) < 4.78 is 12.1. The summed E-state index contributed by atoms with van der Waals surface area (Å²) in [6, 6.07) is 19.0. The van der Waals surface area contributed by atoms with Gasteiger partial charge in [-0.3, -0.25) is 0 Å². The summed E-state index contributed by atoms with van der Waals surface area (Å²) in [5.74, 6) is -0.740. The molecule has 0 unspecified atom stereocenters. The summed E-state index contributed by atoms with van der Waals surface area (Å²) in [5.41, 5.74) is 3.53. The second-order valence-corrected chi connectivity index (χ2v) is 7.02. The highest BCUT2D eigenvalue weighted by atomic mass is 79.9. The van der Waals surface area contributed by atoms with Crippen molar-refractivity contribution in [1.82, 2.24) is 0 Å². The van der Waals surface area contributed by atoms with Gasteiger partial charge in [-0.1, -0.05) is 83.4 Å². The second kappa shape index (κ2) is 8.80. The van der Waals surface area contributed by atoms with E-state index in [1.54, 1.807) is 0 Å². The molecule has 24 heavy (non-hydrogen) atoms. The number of alkyl halides is 1. The van der Waals surface area contributed by atoms with Crippen molar-refractivity contribution in [3.63, 3.8) is 0 Å². The third-order valence-electron chi connectivity index (χ3n) is 4.53. The van der Waals surface area contributed by atoms with Gasteiger partial charge < -0.3 is 9.47 Å². The van der Waals surface area contributed by atoms with E-state index >= 15 is 0 Å². The van der Waals surface area contributed by atoms with E-state index in [2.05, 4.69) is 52.3 Å². The highest BCUT2D eigenvalue weighted by Gasteiger charge is 2.40. The molecule has 0 radical (unpaired) electrons. The number of hydrogen-bond acceptors (Lipinski definition) is 2. The molecule has 0 spiro atoms. The van der Waals surface area contributed by atoms with E-state index in [1.165, 1.54) is 31.2 Å². The zero-order valence-corrected chi connectivity index (χ0v) is 15.6. The predicted molar refractivity (Wildman–Crippen MR) is 102 cm³/mol. The lowest BCUT2D eigenvalue weighted by Crippen LogP contribution is -2.28. The Morgan fingerprint density at radius 1 is 0.750 bits per heavy atom. The van der Waals surface area contributed by atoms with E-state index < -0.39 is 5.79 Å². The number of benzene rings is 2. The molecule has 1 aliphatic heterocycles. The van der Waals surface area contributed by atoms with Crippen LogP contribution in [-0.2, 0) is 21.7 Å². The smallest absolute Gasteiger partial charge is 0.222 e. The molecule has 1 saturated heterocycles. The van der Waals surface area contributed by atoms with Gasteiger partial charge in [0, 0.05) is 16.5 Å². The first-order valence-electron chi connectivity index (χ1n) is 8.84. The first-order valence-corrected chi connectivity index (χ1v) is 9.96. The molecule has 0 bridgehead atoms. The van der Waals surface area contributed by atoms with E-state index in [-0.39, 0.29) is 0 Å². The SMILES string of the molecule is BrCCCCCCc1ccc(C2(c3ccccc3)OCCO2)cc1. The zero-order valence-electron chi connectivity index (χ0n) is 14.0. The highest BCUT2D eigenvalue weighted by molar-refractivity contribution is 9.09. The van der Waals surface area contributed by atoms with Crippen molar-refractivity contribution >= 4 is 15.9 Å². The maximum absolute atomic E-state index is 6.05. The number of rotatable bonds is 8. The number of ether oxygens (including phenoxy) is 2. The van der Waals surface area contributed by atoms with Crippen LogP contribution in [0.4, 0.5) is 0 Å². The maximum Gasteiger partial charge on any atom is 0.222 e. The molecular weight excluding hydrogens is 364 g/mol. The Labute approximate surface area is 153 Å². The minimum absolute atomic E-state index is 0.629. The lowest BCUT2D eigenvalue weighted by molar-refractivity contribution is -0.129. The fourth-order valence-corrected chi connectivity index (χ4v) is 3.63. The van der Waals surface area contributed by atoms with E-state index in [9.17, 15) is 0 Å². The monoisotopic (exact) mass is 388 g/mol. The molecule has 2 nitrogen and oxygen atoms in total. The van der Waals surface area contributed by atoms with Gasteiger partial charge in [-0.2, -0.15) is 0 Å². The van der Waals surface area contributed by atoms with E-state index in [0.29, 0.717) is 13.2 Å². The standard InChI is InChI=1S/C21H25BrO2/c22-15-7-2-1-4-8-18-11-13-20(14-12-18)21(23-16-17-24-21)19-9-5-3-6-10-19/h3,5-6,9-14H,1-2,4,7-8,15-17H2. The van der Waals surface area contributed by atoms with E-state index in [0.717, 1.165) is 22.9 Å². The minimum Gasteiger partial charge on any atom is -0.340 e. The molecule has 0 aromatic heterocycles. The molecule has 1 fully saturated rings. The molecule has 0 N–H and O–H groups in total. The molecule has 1 aliphatic rings. The van der Waals surface area contributed by atoms with Gasteiger partial charge in [0.15, 0.2) is 0 Å². The van der Waals surface area contributed by atoms with Crippen LogP contribution in [0, 0.1) is 0 Å². The van der Waals surface area contributed by atoms with Crippen molar-refractivity contribution in [2.75, 3.05) is 18.5 Å². The number of unbranched alkanes of at least 4 members (excludes halogenated alkanes) is 3. The van der Waals surface area contributed by atoms with Gasteiger partial charge in [-0.15, -0.1) is 0 Å². The molecule has 0 amide bonds. The average Bonchev–Trinajstić information content (AvgIpc) is 3.14. The van der Waals surface area contributed by atoms with Crippen molar-refractivity contribution in [3.05, 3.63) is 71.3 Å². The summed E-state index contributed by atoms with van der Waals surface area (Å²) in [6.45, 7) is 1.26. The van der Waals surface area contributed by atoms with Crippen molar-refractivity contribution in [2.24, 2.45) is 0 Å². The number of hydrogen-bond donors (Lipinski definition) is 0. The van der Waals surface area contributed by atoms with Gasteiger partial charge in [0.2, 0.25) is 5.79 Å². The van der Waals surface area contributed by atoms with Gasteiger partial charge >= 0.3 is 0 Å². The molecule has 128 valence electrons. The first kappa shape index (κ1) is 17.7. The van der Waals surface area contributed by atoms with Crippen LogP contribution in [0.25, 0.3) is 0 Å². The molecule has 0 atom stereocenters. The Kier molecular flexibility index (Phi) is 6.47. The number of aryl methyl sites for hydroxylation is 1. The average molecular weight is 389 g/mol. The Bertz CT molecular complexity index is 603. The third-order valence-corrected chi connectivity index (χ3v) is 5.09. The maximum atomic E-state index is 6.05. The van der Waals surface area contributed by atoms with Crippen LogP contribution in [0.15, 0.2) is 54.6 Å². The molecule has 0 aliphatic carbocycles. The minimum atomic E-state index is -0.740. The largest absolute Gasteiger partial charge is 0.340 e. The Morgan fingerprint density at radius 3 is 2.04 bits per heavy atom. The normalized spacial score (nSPS) is 16.4. The fourth-order valence-electron chi connectivity index (χ4n) is 3.24. The topological polar surface area (TPSA) is 18.5 Å². The van der Waals surface area contributed by atoms with Gasteiger partial charge in [0.05, 0.1) is 13.2 Å². The van der Waals surface area contributed by atoms with Gasteiger partial charge in [-0.05, 0) is 24.8 Å². The Balaban J connectivity index is 1.69. The molecule has 1 heterocycles. The quantitative estimate of drug-likeness (QED) is 0.443. The molecular formula is C21H25BrO2. The Hall–Kier alpha value is -1.16. The van der Waals surface area contributed by atoms with Crippen molar-refractivity contribution < 1.29 is 9.47 Å². The van der Waals surface area contributed by atoms with E-state index in [4.69, 9.17) is 9.47 Å². The number of halogens is 1. The zero-order chi connectivity index (χ0) is 16.7. The summed E-state index contributed by atoms with van der Waals surface area (Å²) in [7, 11) is 0. The van der Waals surface area contributed by atoms with Crippen LogP contribution < -0.4 is 0 Å². The van der Waals surface area contributed by atoms with Crippen molar-refractivity contribution in [2.45, 2.75) is 37.9 Å². The molecule has 2 aromatic carbocycles. The third kappa shape index (κ3) is 4.08. The van der Waals surface area contributed by atoms with Gasteiger partial charge in [0.25, 0.3) is 0 Å². The molecule has 2 aromatic rings. The van der Waals surface area contributed by atoms with Crippen LogP contribution in [0.3, 0.4) is 0 Å². The Morgan fingerprint density at radius 2 is 1.38 bits per heavy atom. The van der Waals surface area contributed by atoms with Crippen LogP contribution >= 0.6 is 15.9 Å². The van der Waals surface area contributed by atoms with Crippen molar-refractivity contribution in [3.8, 4) is 0 Å². The molecule has 3 heteroatoms.